The van der Waals surface area contributed by atoms with Gasteiger partial charge in [0.25, 0.3) is 0 Å². The van der Waals surface area contributed by atoms with Crippen LogP contribution in [-0.4, -0.2) is 14.4 Å². The van der Waals surface area contributed by atoms with Crippen molar-refractivity contribution < 1.29 is 13.2 Å². The lowest BCUT2D eigenvalue weighted by molar-refractivity contribution is -0.137. The Bertz CT molecular complexity index is 1020. The summed E-state index contributed by atoms with van der Waals surface area (Å²) in [5.41, 5.74) is 2.18. The van der Waals surface area contributed by atoms with Crippen molar-refractivity contribution in [1.29, 1.82) is 0 Å². The van der Waals surface area contributed by atoms with Crippen LogP contribution in [0.3, 0.4) is 0 Å². The van der Waals surface area contributed by atoms with E-state index in [4.69, 9.17) is 0 Å². The van der Waals surface area contributed by atoms with E-state index in [0.717, 1.165) is 17.6 Å². The molecule has 0 atom stereocenters. The first-order chi connectivity index (χ1) is 12.0. The fraction of sp³-hybridized carbons (Fsp3) is 0.0526. The van der Waals surface area contributed by atoms with Crippen molar-refractivity contribution in [2.75, 3.05) is 0 Å². The highest BCUT2D eigenvalue weighted by molar-refractivity contribution is 5.79. The highest BCUT2D eigenvalue weighted by Crippen LogP contribution is 2.32. The SMILES string of the molecule is FC(F)(F)c1ccc(-c2nc(-c3ccccn3)c3ccccn23)cc1. The van der Waals surface area contributed by atoms with Gasteiger partial charge in [-0.1, -0.05) is 24.3 Å². The van der Waals surface area contributed by atoms with E-state index in [0.29, 0.717) is 22.8 Å². The third-order valence-corrected chi connectivity index (χ3v) is 3.93. The Morgan fingerprint density at radius 3 is 2.28 bits per heavy atom. The van der Waals surface area contributed by atoms with Gasteiger partial charge in [-0.25, -0.2) is 4.98 Å². The monoisotopic (exact) mass is 339 g/mol. The molecule has 3 heterocycles. The standard InChI is InChI=1S/C19H12F3N3/c20-19(21,22)14-9-7-13(8-10-14)18-24-17(15-5-1-3-11-23-15)16-6-2-4-12-25(16)18/h1-12H. The van der Waals surface area contributed by atoms with E-state index in [1.165, 1.54) is 12.1 Å². The minimum absolute atomic E-state index is 0.574. The molecular weight excluding hydrogens is 327 g/mol. The minimum Gasteiger partial charge on any atom is -0.299 e. The van der Waals surface area contributed by atoms with Crippen molar-refractivity contribution in [3.63, 3.8) is 0 Å². The first kappa shape index (κ1) is 15.4. The first-order valence-electron chi connectivity index (χ1n) is 7.60. The maximum atomic E-state index is 12.8. The number of nitrogens with zero attached hydrogens (tertiary/aromatic N) is 3. The molecule has 6 heteroatoms. The van der Waals surface area contributed by atoms with Gasteiger partial charge in [-0.15, -0.1) is 0 Å². The zero-order valence-corrected chi connectivity index (χ0v) is 12.9. The Kier molecular flexibility index (Phi) is 3.53. The normalized spacial score (nSPS) is 11.8. The molecule has 4 aromatic rings. The predicted molar refractivity (Wildman–Crippen MR) is 88.9 cm³/mol. The number of aromatic nitrogens is 3. The molecule has 0 saturated heterocycles. The summed E-state index contributed by atoms with van der Waals surface area (Å²) in [6.45, 7) is 0. The lowest BCUT2D eigenvalue weighted by atomic mass is 10.1. The highest BCUT2D eigenvalue weighted by atomic mass is 19.4. The van der Waals surface area contributed by atoms with Crippen LogP contribution in [0.2, 0.25) is 0 Å². The van der Waals surface area contributed by atoms with Gasteiger partial charge in [0.2, 0.25) is 0 Å². The zero-order valence-electron chi connectivity index (χ0n) is 12.9. The lowest BCUT2D eigenvalue weighted by Crippen LogP contribution is -2.04. The summed E-state index contributed by atoms with van der Waals surface area (Å²) in [5, 5.41) is 0. The lowest BCUT2D eigenvalue weighted by Gasteiger charge is -2.07. The van der Waals surface area contributed by atoms with Crippen molar-refractivity contribution >= 4 is 5.52 Å². The average Bonchev–Trinajstić information content (AvgIpc) is 3.02. The van der Waals surface area contributed by atoms with Gasteiger partial charge in [0.1, 0.15) is 11.5 Å². The van der Waals surface area contributed by atoms with E-state index in [9.17, 15) is 13.2 Å². The molecule has 0 fully saturated rings. The summed E-state index contributed by atoms with van der Waals surface area (Å²) < 4.78 is 40.2. The molecule has 0 saturated carbocycles. The van der Waals surface area contributed by atoms with Gasteiger partial charge in [-0.2, -0.15) is 13.2 Å². The summed E-state index contributed by atoms with van der Waals surface area (Å²) in [6, 6.07) is 16.2. The van der Waals surface area contributed by atoms with E-state index in [-0.39, 0.29) is 0 Å². The van der Waals surface area contributed by atoms with E-state index < -0.39 is 11.7 Å². The minimum atomic E-state index is -4.35. The summed E-state index contributed by atoms with van der Waals surface area (Å²) in [5.74, 6) is 0.574. The van der Waals surface area contributed by atoms with Crippen LogP contribution in [0.15, 0.2) is 73.1 Å². The number of pyridine rings is 2. The Hall–Kier alpha value is -3.15. The molecule has 1 aromatic carbocycles. The molecule has 3 aromatic heterocycles. The molecule has 25 heavy (non-hydrogen) atoms. The molecule has 0 amide bonds. The second-order valence-electron chi connectivity index (χ2n) is 5.53. The molecule has 0 N–H and O–H groups in total. The van der Waals surface area contributed by atoms with Gasteiger partial charge in [0, 0.05) is 18.0 Å². The van der Waals surface area contributed by atoms with Crippen LogP contribution in [-0.2, 0) is 6.18 Å². The number of alkyl halides is 3. The van der Waals surface area contributed by atoms with Crippen LogP contribution in [0.1, 0.15) is 5.56 Å². The van der Waals surface area contributed by atoms with Crippen molar-refractivity contribution in [2.45, 2.75) is 6.18 Å². The molecule has 4 rings (SSSR count). The fourth-order valence-electron chi connectivity index (χ4n) is 2.74. The van der Waals surface area contributed by atoms with Crippen LogP contribution >= 0.6 is 0 Å². The van der Waals surface area contributed by atoms with Gasteiger partial charge >= 0.3 is 6.18 Å². The van der Waals surface area contributed by atoms with Crippen LogP contribution in [0.5, 0.6) is 0 Å². The number of hydrogen-bond acceptors (Lipinski definition) is 2. The number of hydrogen-bond donors (Lipinski definition) is 0. The quantitative estimate of drug-likeness (QED) is 0.510. The number of imidazole rings is 1. The van der Waals surface area contributed by atoms with Gasteiger partial charge in [0.15, 0.2) is 0 Å². The van der Waals surface area contributed by atoms with Gasteiger partial charge in [0.05, 0.1) is 16.8 Å². The Morgan fingerprint density at radius 2 is 1.60 bits per heavy atom. The Morgan fingerprint density at radius 1 is 0.840 bits per heavy atom. The van der Waals surface area contributed by atoms with Crippen LogP contribution in [0.4, 0.5) is 13.2 Å². The summed E-state index contributed by atoms with van der Waals surface area (Å²) in [6.07, 6.45) is -0.838. The zero-order chi connectivity index (χ0) is 17.4. The number of fused-ring (bicyclic) bond motifs is 1. The molecule has 0 bridgehead atoms. The Labute approximate surface area is 141 Å². The van der Waals surface area contributed by atoms with Crippen LogP contribution in [0, 0.1) is 0 Å². The molecule has 124 valence electrons. The summed E-state index contributed by atoms with van der Waals surface area (Å²) in [7, 11) is 0. The largest absolute Gasteiger partial charge is 0.416 e. The Balaban J connectivity index is 1.88. The summed E-state index contributed by atoms with van der Waals surface area (Å²) in [4.78, 5) is 8.97. The third kappa shape index (κ3) is 2.76. The molecular formula is C19H12F3N3. The maximum Gasteiger partial charge on any atom is 0.416 e. The second kappa shape index (κ2) is 5.73. The first-order valence-corrected chi connectivity index (χ1v) is 7.60. The van der Waals surface area contributed by atoms with Crippen molar-refractivity contribution in [3.8, 4) is 22.8 Å². The topological polar surface area (TPSA) is 30.2 Å². The third-order valence-electron chi connectivity index (χ3n) is 3.93. The van der Waals surface area contributed by atoms with Crippen LogP contribution < -0.4 is 0 Å². The summed E-state index contributed by atoms with van der Waals surface area (Å²) >= 11 is 0. The van der Waals surface area contributed by atoms with Gasteiger partial charge in [-0.05, 0) is 36.4 Å². The van der Waals surface area contributed by atoms with Crippen molar-refractivity contribution in [3.05, 3.63) is 78.6 Å². The average molecular weight is 339 g/mol. The number of benzene rings is 1. The molecule has 0 aliphatic rings. The van der Waals surface area contributed by atoms with E-state index in [2.05, 4.69) is 9.97 Å². The van der Waals surface area contributed by atoms with Gasteiger partial charge in [-0.3, -0.25) is 9.38 Å². The fourth-order valence-corrected chi connectivity index (χ4v) is 2.74. The highest BCUT2D eigenvalue weighted by Gasteiger charge is 2.30. The van der Waals surface area contributed by atoms with Crippen molar-refractivity contribution in [1.82, 2.24) is 14.4 Å². The molecule has 3 nitrogen and oxygen atoms in total. The van der Waals surface area contributed by atoms with E-state index in [1.54, 1.807) is 6.20 Å². The van der Waals surface area contributed by atoms with Crippen molar-refractivity contribution in [2.24, 2.45) is 0 Å². The van der Waals surface area contributed by atoms with Gasteiger partial charge < -0.3 is 0 Å². The smallest absolute Gasteiger partial charge is 0.299 e. The second-order valence-corrected chi connectivity index (χ2v) is 5.53. The van der Waals surface area contributed by atoms with E-state index in [1.807, 2.05) is 47.0 Å². The predicted octanol–water partition coefficient (Wildman–Crippen LogP) is 5.08. The van der Waals surface area contributed by atoms with Crippen LogP contribution in [0.25, 0.3) is 28.3 Å². The number of rotatable bonds is 2. The molecule has 0 radical (unpaired) electrons. The van der Waals surface area contributed by atoms with E-state index >= 15 is 0 Å². The maximum absolute atomic E-state index is 12.8. The molecule has 0 spiro atoms. The molecule has 0 aliphatic heterocycles. The molecule has 0 aliphatic carbocycles. The molecule has 0 unspecified atom stereocenters. The number of halogens is 3.